The third-order valence-corrected chi connectivity index (χ3v) is 6.75. The zero-order valence-corrected chi connectivity index (χ0v) is 19.9. The number of hydrogen-bond donors (Lipinski definition) is 2. The lowest BCUT2D eigenvalue weighted by atomic mass is 9.98. The summed E-state index contributed by atoms with van der Waals surface area (Å²) in [6, 6.07) is 5.50. The van der Waals surface area contributed by atoms with Crippen LogP contribution in [-0.2, 0) is 19.6 Å². The Labute approximate surface area is 197 Å². The van der Waals surface area contributed by atoms with Gasteiger partial charge in [0.2, 0.25) is 0 Å². The lowest BCUT2D eigenvalue weighted by Gasteiger charge is -2.33. The van der Waals surface area contributed by atoms with Crippen molar-refractivity contribution < 1.29 is 37.3 Å². The molecule has 11 nitrogen and oxygen atoms in total. The van der Waals surface area contributed by atoms with Gasteiger partial charge in [0.05, 0.1) is 38.6 Å². The normalized spacial score (nSPS) is 16.0. The molecule has 2 N–H and O–H groups in total. The van der Waals surface area contributed by atoms with Gasteiger partial charge in [0.1, 0.15) is 27.8 Å². The average molecular weight is 494 g/mol. The zero-order chi connectivity index (χ0) is 24.9. The minimum Gasteiger partial charge on any atom is -0.497 e. The van der Waals surface area contributed by atoms with Crippen LogP contribution in [0.4, 0.5) is 11.5 Å². The van der Waals surface area contributed by atoms with Gasteiger partial charge in [-0.15, -0.1) is 0 Å². The maximum atomic E-state index is 13.0. The van der Waals surface area contributed by atoms with Gasteiger partial charge >= 0.3 is 11.9 Å². The molecule has 3 rings (SSSR count). The molecule has 0 saturated carbocycles. The van der Waals surface area contributed by atoms with Crippen LogP contribution in [0.2, 0.25) is 0 Å². The summed E-state index contributed by atoms with van der Waals surface area (Å²) in [7, 11) is -1.42. The maximum Gasteiger partial charge on any atom is 0.339 e. The lowest BCUT2D eigenvalue weighted by Crippen LogP contribution is -2.40. The highest BCUT2D eigenvalue weighted by molar-refractivity contribution is 7.92. The molecule has 1 saturated heterocycles. The van der Waals surface area contributed by atoms with E-state index in [9.17, 15) is 23.1 Å². The number of hydrogen-bond acceptors (Lipinski definition) is 9. The van der Waals surface area contributed by atoms with E-state index in [1.807, 2.05) is 0 Å². The molecular weight excluding hydrogens is 466 g/mol. The van der Waals surface area contributed by atoms with Crippen LogP contribution in [0, 0.1) is 5.92 Å². The number of rotatable bonds is 9. The number of aromatic nitrogens is 1. The van der Waals surface area contributed by atoms with Crippen molar-refractivity contribution >= 4 is 33.5 Å². The molecule has 1 aliphatic rings. The Hall–Kier alpha value is -3.54. The second kappa shape index (κ2) is 10.6. The summed E-state index contributed by atoms with van der Waals surface area (Å²) in [5, 5.41) is 9.77. The van der Waals surface area contributed by atoms with Crippen LogP contribution in [-0.4, -0.2) is 64.4 Å². The summed E-state index contributed by atoms with van der Waals surface area (Å²) in [4.78, 5) is 29.9. The Morgan fingerprint density at radius 1 is 1.24 bits per heavy atom. The van der Waals surface area contributed by atoms with Gasteiger partial charge in [0, 0.05) is 19.2 Å². The first-order chi connectivity index (χ1) is 16.2. The van der Waals surface area contributed by atoms with Crippen LogP contribution < -0.4 is 19.1 Å². The second-order valence-corrected chi connectivity index (χ2v) is 9.21. The molecule has 184 valence electrons. The summed E-state index contributed by atoms with van der Waals surface area (Å²) in [6.45, 7) is 2.76. The summed E-state index contributed by atoms with van der Waals surface area (Å²) in [5.41, 5.74) is -0.229. The number of carboxylic acid groups (broad SMARTS) is 1. The fourth-order valence-corrected chi connectivity index (χ4v) is 4.97. The van der Waals surface area contributed by atoms with E-state index >= 15 is 0 Å². The topological polar surface area (TPSA) is 144 Å². The van der Waals surface area contributed by atoms with Gasteiger partial charge in [-0.3, -0.25) is 9.52 Å². The average Bonchev–Trinajstić information content (AvgIpc) is 2.83. The molecule has 12 heteroatoms. The van der Waals surface area contributed by atoms with Crippen LogP contribution in [0.1, 0.15) is 30.1 Å². The van der Waals surface area contributed by atoms with E-state index in [1.54, 1.807) is 17.9 Å². The zero-order valence-electron chi connectivity index (χ0n) is 19.1. The minimum absolute atomic E-state index is 0.0371. The molecule has 0 bridgehead atoms. The Kier molecular flexibility index (Phi) is 7.82. The van der Waals surface area contributed by atoms with Crippen molar-refractivity contribution in [1.82, 2.24) is 4.98 Å². The second-order valence-electron chi connectivity index (χ2n) is 7.56. The van der Waals surface area contributed by atoms with Crippen molar-refractivity contribution in [3.05, 3.63) is 36.0 Å². The first kappa shape index (κ1) is 25.1. The fourth-order valence-electron chi connectivity index (χ4n) is 3.75. The molecule has 0 radical (unpaired) electrons. The highest BCUT2D eigenvalue weighted by Gasteiger charge is 2.30. The van der Waals surface area contributed by atoms with Gasteiger partial charge < -0.3 is 24.2 Å². The van der Waals surface area contributed by atoms with Crippen LogP contribution in [0.15, 0.2) is 35.4 Å². The Morgan fingerprint density at radius 3 is 2.65 bits per heavy atom. The number of pyridine rings is 1. The number of piperidine rings is 1. The number of sulfonamides is 1. The van der Waals surface area contributed by atoms with E-state index in [4.69, 9.17) is 14.2 Å². The number of ether oxygens (including phenoxy) is 3. The SMILES string of the molecule is CCOC(=O)C1CCCN(c2ncc(NS(=O)(=O)c3cc(OC)ccc3OC)cc2C(=O)O)C1. The molecule has 0 aliphatic carbocycles. The molecule has 2 heterocycles. The van der Waals surface area contributed by atoms with Crippen LogP contribution >= 0.6 is 0 Å². The summed E-state index contributed by atoms with van der Waals surface area (Å²) >= 11 is 0. The lowest BCUT2D eigenvalue weighted by molar-refractivity contribution is -0.148. The van der Waals surface area contributed by atoms with Crippen LogP contribution in [0.5, 0.6) is 11.5 Å². The van der Waals surface area contributed by atoms with Crippen LogP contribution in [0.3, 0.4) is 0 Å². The molecule has 2 aromatic rings. The largest absolute Gasteiger partial charge is 0.497 e. The number of carbonyl (C=O) groups is 2. The van der Waals surface area contributed by atoms with Gasteiger partial charge in [-0.05, 0) is 38.0 Å². The smallest absolute Gasteiger partial charge is 0.339 e. The number of aromatic carboxylic acids is 1. The van der Waals surface area contributed by atoms with Gasteiger partial charge in [0.25, 0.3) is 10.0 Å². The van der Waals surface area contributed by atoms with Crippen molar-refractivity contribution in [2.75, 3.05) is 43.5 Å². The minimum atomic E-state index is -4.16. The molecular formula is C22H27N3O8S. The number of nitrogens with zero attached hydrogens (tertiary/aromatic N) is 2. The predicted molar refractivity (Wildman–Crippen MR) is 123 cm³/mol. The molecule has 0 amide bonds. The molecule has 1 aliphatic heterocycles. The van der Waals surface area contributed by atoms with E-state index in [1.165, 1.54) is 38.6 Å². The van der Waals surface area contributed by atoms with E-state index in [2.05, 4.69) is 9.71 Å². The number of carboxylic acids is 1. The number of anilines is 2. The number of esters is 1. The molecule has 1 fully saturated rings. The van der Waals surface area contributed by atoms with Gasteiger partial charge in [-0.25, -0.2) is 18.2 Å². The van der Waals surface area contributed by atoms with E-state index < -0.39 is 21.9 Å². The van der Waals surface area contributed by atoms with Crippen molar-refractivity contribution in [3.63, 3.8) is 0 Å². The first-order valence-electron chi connectivity index (χ1n) is 10.6. The highest BCUT2D eigenvalue weighted by atomic mass is 32.2. The van der Waals surface area contributed by atoms with Crippen molar-refractivity contribution in [2.24, 2.45) is 5.92 Å². The van der Waals surface area contributed by atoms with Crippen molar-refractivity contribution in [3.8, 4) is 11.5 Å². The summed E-state index contributed by atoms with van der Waals surface area (Å²) in [6.07, 6.45) is 2.53. The number of carbonyl (C=O) groups excluding carboxylic acids is 1. The van der Waals surface area contributed by atoms with E-state index in [0.29, 0.717) is 25.1 Å². The van der Waals surface area contributed by atoms with Gasteiger partial charge in [0.15, 0.2) is 0 Å². The Balaban J connectivity index is 1.90. The molecule has 0 spiro atoms. The van der Waals surface area contributed by atoms with E-state index in [-0.39, 0.29) is 46.8 Å². The monoisotopic (exact) mass is 493 g/mol. The van der Waals surface area contributed by atoms with Crippen molar-refractivity contribution in [1.29, 1.82) is 0 Å². The van der Waals surface area contributed by atoms with Crippen LogP contribution in [0.25, 0.3) is 0 Å². The third-order valence-electron chi connectivity index (χ3n) is 5.35. The standard InChI is InChI=1S/C22H27N3O8S/c1-4-33-22(28)14-6-5-9-25(13-14)20-17(21(26)27)10-15(12-23-20)24-34(29,30)19-11-16(31-2)7-8-18(19)32-3/h7-8,10-12,14,24H,4-6,9,13H2,1-3H3,(H,26,27). The predicted octanol–water partition coefficient (Wildman–Crippen LogP) is 2.38. The van der Waals surface area contributed by atoms with Crippen molar-refractivity contribution in [2.45, 2.75) is 24.7 Å². The number of nitrogens with one attached hydrogen (secondary N) is 1. The van der Waals surface area contributed by atoms with Gasteiger partial charge in [-0.2, -0.15) is 0 Å². The summed E-state index contributed by atoms with van der Waals surface area (Å²) < 4.78 is 43.7. The number of methoxy groups -OCH3 is 2. The quantitative estimate of drug-likeness (QED) is 0.500. The molecule has 1 atom stereocenters. The Bertz CT molecular complexity index is 1170. The number of benzene rings is 1. The molecule has 1 aromatic heterocycles. The first-order valence-corrected chi connectivity index (χ1v) is 12.1. The molecule has 1 aromatic carbocycles. The van der Waals surface area contributed by atoms with Gasteiger partial charge in [-0.1, -0.05) is 0 Å². The molecule has 34 heavy (non-hydrogen) atoms. The Morgan fingerprint density at radius 2 is 2.00 bits per heavy atom. The highest BCUT2D eigenvalue weighted by Crippen LogP contribution is 2.31. The van der Waals surface area contributed by atoms with E-state index in [0.717, 1.165) is 0 Å². The maximum absolute atomic E-state index is 13.0. The summed E-state index contributed by atoms with van der Waals surface area (Å²) in [5.74, 6) is -1.45. The fraction of sp³-hybridized carbons (Fsp3) is 0.409. The third kappa shape index (κ3) is 5.50. The molecule has 1 unspecified atom stereocenters.